The highest BCUT2D eigenvalue weighted by atomic mass is 32.2. The Bertz CT molecular complexity index is 1310. The lowest BCUT2D eigenvalue weighted by atomic mass is 10.1. The summed E-state index contributed by atoms with van der Waals surface area (Å²) in [6, 6.07) is 16.1. The molecule has 12 heteroatoms. The van der Waals surface area contributed by atoms with Crippen molar-refractivity contribution < 1.29 is 23.6 Å². The highest BCUT2D eigenvalue weighted by Crippen LogP contribution is 2.34. The van der Waals surface area contributed by atoms with Gasteiger partial charge in [0.1, 0.15) is 0 Å². The van der Waals surface area contributed by atoms with Crippen LogP contribution in [0.2, 0.25) is 0 Å². The number of amides is 2. The monoisotopic (exact) mass is 481 g/mol. The molecular formula is C21H15N5O5S2. The van der Waals surface area contributed by atoms with Crippen LogP contribution in [-0.4, -0.2) is 39.7 Å². The van der Waals surface area contributed by atoms with Crippen LogP contribution >= 0.6 is 23.1 Å². The molecule has 0 aliphatic carbocycles. The van der Waals surface area contributed by atoms with E-state index < -0.39 is 5.91 Å². The van der Waals surface area contributed by atoms with Crippen molar-refractivity contribution in [3.63, 3.8) is 0 Å². The standard InChI is InChI=1S/C21H15N5O5S2/c27-18(22-13-6-7-15-17(8-13)30-11-29-15)10-32-21-25-24-20(33-21)23-19(28)14-9-16(31-26-14)12-4-2-1-3-5-12/h1-9H,10-11H2,(H,22,27)(H,23,24,28). The van der Waals surface area contributed by atoms with E-state index in [0.717, 1.165) is 16.9 Å². The first kappa shape index (κ1) is 21.0. The summed E-state index contributed by atoms with van der Waals surface area (Å²) in [7, 11) is 0. The summed E-state index contributed by atoms with van der Waals surface area (Å²) in [6.45, 7) is 0.170. The molecule has 3 heterocycles. The number of nitrogens with zero attached hydrogens (tertiary/aromatic N) is 3. The minimum Gasteiger partial charge on any atom is -0.454 e. The predicted octanol–water partition coefficient (Wildman–Crippen LogP) is 3.90. The van der Waals surface area contributed by atoms with Gasteiger partial charge >= 0.3 is 0 Å². The SMILES string of the molecule is O=C(CSc1nnc(NC(=O)c2cc(-c3ccccc3)on2)s1)Nc1ccc2c(c1)OCO2. The highest BCUT2D eigenvalue weighted by Gasteiger charge is 2.17. The first-order valence-electron chi connectivity index (χ1n) is 9.63. The first-order chi connectivity index (χ1) is 16.1. The Labute approximate surface area is 195 Å². The molecule has 0 unspecified atom stereocenters. The number of thioether (sulfide) groups is 1. The molecule has 33 heavy (non-hydrogen) atoms. The third-order valence-corrected chi connectivity index (χ3v) is 6.38. The van der Waals surface area contributed by atoms with Crippen molar-refractivity contribution >= 4 is 45.7 Å². The van der Waals surface area contributed by atoms with Crippen LogP contribution in [0.4, 0.5) is 10.8 Å². The van der Waals surface area contributed by atoms with E-state index in [1.54, 1.807) is 24.3 Å². The Morgan fingerprint density at radius 3 is 2.73 bits per heavy atom. The van der Waals surface area contributed by atoms with Crippen LogP contribution in [0.15, 0.2) is 63.5 Å². The Morgan fingerprint density at radius 1 is 1.00 bits per heavy atom. The van der Waals surface area contributed by atoms with Crippen molar-refractivity contribution in [1.82, 2.24) is 15.4 Å². The van der Waals surface area contributed by atoms with Crippen LogP contribution in [-0.2, 0) is 4.79 Å². The van der Waals surface area contributed by atoms with Crippen molar-refractivity contribution in [3.05, 3.63) is 60.3 Å². The van der Waals surface area contributed by atoms with Crippen molar-refractivity contribution in [2.24, 2.45) is 0 Å². The van der Waals surface area contributed by atoms with E-state index in [9.17, 15) is 9.59 Å². The first-order valence-corrected chi connectivity index (χ1v) is 11.4. The Morgan fingerprint density at radius 2 is 1.85 bits per heavy atom. The van der Waals surface area contributed by atoms with Gasteiger partial charge in [-0.05, 0) is 12.1 Å². The summed E-state index contributed by atoms with van der Waals surface area (Å²) in [6.07, 6.45) is 0. The van der Waals surface area contributed by atoms with Gasteiger partial charge in [0.25, 0.3) is 5.91 Å². The van der Waals surface area contributed by atoms with Gasteiger partial charge in [-0.25, -0.2) is 0 Å². The number of benzene rings is 2. The smallest absolute Gasteiger partial charge is 0.279 e. The van der Waals surface area contributed by atoms with Crippen LogP contribution in [0.3, 0.4) is 0 Å². The average Bonchev–Trinajstić information content (AvgIpc) is 3.59. The predicted molar refractivity (Wildman–Crippen MR) is 122 cm³/mol. The second kappa shape index (κ2) is 9.30. The lowest BCUT2D eigenvalue weighted by Gasteiger charge is -2.05. The van der Waals surface area contributed by atoms with Crippen LogP contribution in [0.1, 0.15) is 10.5 Å². The maximum absolute atomic E-state index is 12.4. The Hall–Kier alpha value is -3.90. The molecule has 0 saturated carbocycles. The molecule has 4 aromatic rings. The van der Waals surface area contributed by atoms with Crippen molar-refractivity contribution in [2.75, 3.05) is 23.2 Å². The fraction of sp³-hybridized carbons (Fsp3) is 0.0952. The molecule has 0 atom stereocenters. The minimum atomic E-state index is -0.464. The zero-order chi connectivity index (χ0) is 22.6. The van der Waals surface area contributed by atoms with Gasteiger partial charge < -0.3 is 19.3 Å². The number of anilines is 2. The number of rotatable bonds is 7. The molecule has 0 spiro atoms. The van der Waals surface area contributed by atoms with Crippen molar-refractivity contribution in [1.29, 1.82) is 0 Å². The molecule has 0 saturated heterocycles. The van der Waals surface area contributed by atoms with E-state index in [-0.39, 0.29) is 24.1 Å². The van der Waals surface area contributed by atoms with Crippen LogP contribution in [0.5, 0.6) is 11.5 Å². The van der Waals surface area contributed by atoms with Crippen molar-refractivity contribution in [2.45, 2.75) is 4.34 Å². The normalized spacial score (nSPS) is 11.9. The zero-order valence-corrected chi connectivity index (χ0v) is 18.4. The number of nitrogens with one attached hydrogen (secondary N) is 2. The lowest BCUT2D eigenvalue weighted by Crippen LogP contribution is -2.13. The van der Waals surface area contributed by atoms with Gasteiger partial charge in [-0.3, -0.25) is 14.9 Å². The van der Waals surface area contributed by atoms with Gasteiger partial charge in [-0.1, -0.05) is 58.6 Å². The van der Waals surface area contributed by atoms with E-state index in [1.807, 2.05) is 30.3 Å². The molecule has 2 amide bonds. The van der Waals surface area contributed by atoms with Gasteiger partial charge in [-0.15, -0.1) is 10.2 Å². The minimum absolute atomic E-state index is 0.126. The van der Waals surface area contributed by atoms with Gasteiger partial charge in [0.05, 0.1) is 5.75 Å². The highest BCUT2D eigenvalue weighted by molar-refractivity contribution is 8.01. The van der Waals surface area contributed by atoms with E-state index >= 15 is 0 Å². The number of ether oxygens (including phenoxy) is 2. The molecule has 5 rings (SSSR count). The largest absolute Gasteiger partial charge is 0.454 e. The molecular weight excluding hydrogens is 466 g/mol. The lowest BCUT2D eigenvalue weighted by molar-refractivity contribution is -0.113. The summed E-state index contributed by atoms with van der Waals surface area (Å²) in [5.74, 6) is 1.18. The molecule has 1 aliphatic heterocycles. The molecule has 166 valence electrons. The molecule has 2 aromatic carbocycles. The van der Waals surface area contributed by atoms with Gasteiger partial charge in [0.15, 0.2) is 27.3 Å². The third-order valence-electron chi connectivity index (χ3n) is 4.41. The molecule has 0 radical (unpaired) electrons. The van der Waals surface area contributed by atoms with E-state index in [4.69, 9.17) is 14.0 Å². The van der Waals surface area contributed by atoms with Crippen LogP contribution < -0.4 is 20.1 Å². The molecule has 0 fully saturated rings. The van der Waals surface area contributed by atoms with Gasteiger partial charge in [0.2, 0.25) is 17.8 Å². The fourth-order valence-electron chi connectivity index (χ4n) is 2.90. The maximum atomic E-state index is 12.4. The second-order valence-corrected chi connectivity index (χ2v) is 8.87. The molecule has 2 N–H and O–H groups in total. The van der Waals surface area contributed by atoms with Crippen LogP contribution in [0, 0.1) is 0 Å². The third kappa shape index (κ3) is 4.96. The number of aromatic nitrogens is 3. The molecule has 2 aromatic heterocycles. The zero-order valence-electron chi connectivity index (χ0n) is 16.8. The number of carbonyl (C=O) groups excluding carboxylic acids is 2. The summed E-state index contributed by atoms with van der Waals surface area (Å²) in [4.78, 5) is 24.7. The maximum Gasteiger partial charge on any atom is 0.279 e. The summed E-state index contributed by atoms with van der Waals surface area (Å²) < 4.78 is 16.3. The number of hydrogen-bond acceptors (Lipinski definition) is 10. The number of carbonyl (C=O) groups is 2. The Balaban J connectivity index is 1.13. The number of fused-ring (bicyclic) bond motifs is 1. The number of hydrogen-bond donors (Lipinski definition) is 2. The van der Waals surface area contributed by atoms with Gasteiger partial charge in [-0.2, -0.15) is 0 Å². The summed E-state index contributed by atoms with van der Waals surface area (Å²) in [5, 5.41) is 17.5. The summed E-state index contributed by atoms with van der Waals surface area (Å²) >= 11 is 2.37. The molecule has 1 aliphatic rings. The van der Waals surface area contributed by atoms with Crippen molar-refractivity contribution in [3.8, 4) is 22.8 Å². The van der Waals surface area contributed by atoms with E-state index in [0.29, 0.717) is 32.4 Å². The van der Waals surface area contributed by atoms with E-state index in [2.05, 4.69) is 26.0 Å². The average molecular weight is 482 g/mol. The van der Waals surface area contributed by atoms with Gasteiger partial charge in [0, 0.05) is 23.4 Å². The Kier molecular flexibility index (Phi) is 5.91. The summed E-state index contributed by atoms with van der Waals surface area (Å²) in [5.41, 5.74) is 1.55. The van der Waals surface area contributed by atoms with E-state index in [1.165, 1.54) is 11.8 Å². The van der Waals surface area contributed by atoms with Crippen LogP contribution in [0.25, 0.3) is 11.3 Å². The quantitative estimate of drug-likeness (QED) is 0.298. The topological polar surface area (TPSA) is 128 Å². The second-order valence-electron chi connectivity index (χ2n) is 6.67. The molecule has 0 bridgehead atoms. The fourth-order valence-corrected chi connectivity index (χ4v) is 4.45. The molecule has 10 nitrogen and oxygen atoms in total.